The molecule has 1 fully saturated rings. The highest BCUT2D eigenvalue weighted by Crippen LogP contribution is 2.20. The minimum Gasteiger partial charge on any atom is -0.305 e. The second kappa shape index (κ2) is 7.00. The molecule has 0 bridgehead atoms. The predicted octanol–water partition coefficient (Wildman–Crippen LogP) is 2.67. The summed E-state index contributed by atoms with van der Waals surface area (Å²) in [5.74, 6) is 0.271. The van der Waals surface area contributed by atoms with Gasteiger partial charge in [-0.15, -0.1) is 0 Å². The van der Waals surface area contributed by atoms with Crippen LogP contribution in [0.5, 0.6) is 0 Å². The van der Waals surface area contributed by atoms with Crippen molar-refractivity contribution in [2.45, 2.75) is 38.3 Å². The Labute approximate surface area is 122 Å². The Balaban J connectivity index is 2.09. The summed E-state index contributed by atoms with van der Waals surface area (Å²) in [7, 11) is 4.27. The third-order valence-corrected chi connectivity index (χ3v) is 4.35. The molecule has 1 aromatic carbocycles. The molecule has 0 spiro atoms. The Kier molecular flexibility index (Phi) is 5.32. The first-order chi connectivity index (χ1) is 9.63. The number of Topliss-reactive ketones (excluding diaryl/α,β-unsaturated/α-hetero) is 1. The Morgan fingerprint density at radius 2 is 2.05 bits per heavy atom. The van der Waals surface area contributed by atoms with Gasteiger partial charge in [-0.05, 0) is 39.9 Å². The minimum absolute atomic E-state index is 0.0279. The number of carbonyl (C=O) groups is 1. The van der Waals surface area contributed by atoms with Gasteiger partial charge in [0.15, 0.2) is 5.78 Å². The third-order valence-electron chi connectivity index (χ3n) is 4.35. The first kappa shape index (κ1) is 15.2. The normalized spacial score (nSPS) is 21.9. The zero-order valence-electron chi connectivity index (χ0n) is 12.9. The summed E-state index contributed by atoms with van der Waals surface area (Å²) in [6.45, 7) is 4.16. The highest BCUT2D eigenvalue weighted by Gasteiger charge is 2.30. The molecule has 1 saturated heterocycles. The number of carbonyl (C=O) groups excluding carboxylic acids is 1. The summed E-state index contributed by atoms with van der Waals surface area (Å²) in [6, 6.07) is 10.3. The van der Waals surface area contributed by atoms with E-state index in [4.69, 9.17) is 0 Å². The number of benzene rings is 1. The van der Waals surface area contributed by atoms with Gasteiger partial charge in [0.1, 0.15) is 0 Å². The average molecular weight is 274 g/mol. The molecule has 2 unspecified atom stereocenters. The van der Waals surface area contributed by atoms with Crippen molar-refractivity contribution in [3.05, 3.63) is 35.9 Å². The van der Waals surface area contributed by atoms with Crippen molar-refractivity contribution >= 4 is 5.78 Å². The summed E-state index contributed by atoms with van der Waals surface area (Å²) in [4.78, 5) is 17.4. The molecule has 1 aliphatic heterocycles. The number of ketones is 1. The molecule has 20 heavy (non-hydrogen) atoms. The topological polar surface area (TPSA) is 23.6 Å². The molecule has 3 nitrogen and oxygen atoms in total. The van der Waals surface area contributed by atoms with Crippen molar-refractivity contribution in [1.82, 2.24) is 9.80 Å². The Bertz CT molecular complexity index is 430. The van der Waals surface area contributed by atoms with Crippen molar-refractivity contribution in [1.29, 1.82) is 0 Å². The smallest absolute Gasteiger partial charge is 0.179 e. The second-order valence-corrected chi connectivity index (χ2v) is 5.91. The summed E-state index contributed by atoms with van der Waals surface area (Å²) in [5.41, 5.74) is 0.839. The van der Waals surface area contributed by atoms with E-state index < -0.39 is 0 Å². The fraction of sp³-hybridized carbons (Fsp3) is 0.588. The molecular weight excluding hydrogens is 248 g/mol. The van der Waals surface area contributed by atoms with E-state index in [-0.39, 0.29) is 11.8 Å². The van der Waals surface area contributed by atoms with Crippen LogP contribution in [-0.4, -0.2) is 54.9 Å². The molecule has 1 aliphatic rings. The molecule has 0 radical (unpaired) electrons. The number of hydrogen-bond donors (Lipinski definition) is 0. The van der Waals surface area contributed by atoms with E-state index in [1.165, 1.54) is 12.8 Å². The van der Waals surface area contributed by atoms with Gasteiger partial charge in [-0.2, -0.15) is 0 Å². The number of piperidine rings is 1. The molecule has 1 heterocycles. The van der Waals surface area contributed by atoms with Crippen molar-refractivity contribution < 1.29 is 4.79 Å². The fourth-order valence-corrected chi connectivity index (χ4v) is 3.09. The van der Waals surface area contributed by atoms with E-state index in [1.807, 2.05) is 30.3 Å². The lowest BCUT2D eigenvalue weighted by Gasteiger charge is -2.39. The monoisotopic (exact) mass is 274 g/mol. The highest BCUT2D eigenvalue weighted by atomic mass is 16.1. The molecule has 2 rings (SSSR count). The van der Waals surface area contributed by atoms with Crippen molar-refractivity contribution in [2.24, 2.45) is 0 Å². The molecule has 0 N–H and O–H groups in total. The molecule has 0 aromatic heterocycles. The van der Waals surface area contributed by atoms with Crippen LogP contribution in [0.25, 0.3) is 0 Å². The minimum atomic E-state index is 0.0279. The van der Waals surface area contributed by atoms with Crippen molar-refractivity contribution in [3.8, 4) is 0 Å². The van der Waals surface area contributed by atoms with Gasteiger partial charge in [0.25, 0.3) is 0 Å². The SMILES string of the molecule is CCC(C(=O)c1ccccc1)N1CCCC(N(C)C)C1. The first-order valence-corrected chi connectivity index (χ1v) is 7.63. The zero-order chi connectivity index (χ0) is 14.5. The first-order valence-electron chi connectivity index (χ1n) is 7.63. The van der Waals surface area contributed by atoms with E-state index in [0.29, 0.717) is 6.04 Å². The Morgan fingerprint density at radius 1 is 1.35 bits per heavy atom. The van der Waals surface area contributed by atoms with Gasteiger partial charge in [-0.3, -0.25) is 9.69 Å². The van der Waals surface area contributed by atoms with Crippen molar-refractivity contribution in [3.63, 3.8) is 0 Å². The quantitative estimate of drug-likeness (QED) is 0.771. The van der Waals surface area contributed by atoms with Gasteiger partial charge in [-0.1, -0.05) is 37.3 Å². The summed E-state index contributed by atoms with van der Waals surface area (Å²) < 4.78 is 0. The fourth-order valence-electron chi connectivity index (χ4n) is 3.09. The number of nitrogens with zero attached hydrogens (tertiary/aromatic N) is 2. The highest BCUT2D eigenvalue weighted by molar-refractivity contribution is 6.00. The van der Waals surface area contributed by atoms with E-state index in [9.17, 15) is 4.79 Å². The summed E-state index contributed by atoms with van der Waals surface area (Å²) >= 11 is 0. The van der Waals surface area contributed by atoms with Crippen LogP contribution in [0.2, 0.25) is 0 Å². The van der Waals surface area contributed by atoms with Crippen LogP contribution in [0.1, 0.15) is 36.5 Å². The maximum atomic E-state index is 12.7. The van der Waals surface area contributed by atoms with E-state index >= 15 is 0 Å². The van der Waals surface area contributed by atoms with E-state index in [2.05, 4.69) is 30.8 Å². The lowest BCUT2D eigenvalue weighted by Crippen LogP contribution is -2.51. The molecule has 110 valence electrons. The summed E-state index contributed by atoms with van der Waals surface area (Å²) in [5, 5.41) is 0. The average Bonchev–Trinajstić information content (AvgIpc) is 2.49. The zero-order valence-corrected chi connectivity index (χ0v) is 12.9. The van der Waals surface area contributed by atoms with Gasteiger partial charge in [0.05, 0.1) is 6.04 Å². The van der Waals surface area contributed by atoms with Crippen LogP contribution in [0.3, 0.4) is 0 Å². The predicted molar refractivity (Wildman–Crippen MR) is 83.1 cm³/mol. The maximum absolute atomic E-state index is 12.7. The molecule has 1 aromatic rings. The Morgan fingerprint density at radius 3 is 2.65 bits per heavy atom. The third kappa shape index (κ3) is 3.47. The standard InChI is InChI=1S/C17H26N2O/c1-4-16(17(20)14-9-6-5-7-10-14)19-12-8-11-15(13-19)18(2)3/h5-7,9-10,15-16H,4,8,11-13H2,1-3H3. The molecule has 3 heteroatoms. The maximum Gasteiger partial charge on any atom is 0.179 e. The molecular formula is C17H26N2O. The van der Waals surface area contributed by atoms with E-state index in [0.717, 1.165) is 25.1 Å². The van der Waals surface area contributed by atoms with Gasteiger partial charge in [0, 0.05) is 18.2 Å². The van der Waals surface area contributed by atoms with Gasteiger partial charge in [-0.25, -0.2) is 0 Å². The molecule has 0 amide bonds. The molecule has 0 aliphatic carbocycles. The van der Waals surface area contributed by atoms with Crippen LogP contribution < -0.4 is 0 Å². The summed E-state index contributed by atoms with van der Waals surface area (Å²) in [6.07, 6.45) is 3.30. The van der Waals surface area contributed by atoms with Crippen LogP contribution in [0.15, 0.2) is 30.3 Å². The number of hydrogen-bond acceptors (Lipinski definition) is 3. The largest absolute Gasteiger partial charge is 0.305 e. The van der Waals surface area contributed by atoms with Gasteiger partial charge < -0.3 is 4.90 Å². The Hall–Kier alpha value is -1.19. The van der Waals surface area contributed by atoms with Crippen LogP contribution in [0, 0.1) is 0 Å². The number of likely N-dealkylation sites (N-methyl/N-ethyl adjacent to an activating group) is 1. The lowest BCUT2D eigenvalue weighted by molar-refractivity contribution is 0.0655. The molecule has 0 saturated carbocycles. The van der Waals surface area contributed by atoms with Crippen LogP contribution in [-0.2, 0) is 0 Å². The number of likely N-dealkylation sites (tertiary alicyclic amines) is 1. The van der Waals surface area contributed by atoms with E-state index in [1.54, 1.807) is 0 Å². The van der Waals surface area contributed by atoms with Crippen LogP contribution in [0.4, 0.5) is 0 Å². The second-order valence-electron chi connectivity index (χ2n) is 5.91. The van der Waals surface area contributed by atoms with Crippen molar-refractivity contribution in [2.75, 3.05) is 27.2 Å². The van der Waals surface area contributed by atoms with Gasteiger partial charge >= 0.3 is 0 Å². The van der Waals surface area contributed by atoms with Gasteiger partial charge in [0.2, 0.25) is 0 Å². The lowest BCUT2D eigenvalue weighted by atomic mass is 9.96. The molecule has 2 atom stereocenters. The number of rotatable bonds is 5. The van der Waals surface area contributed by atoms with Crippen LogP contribution >= 0.6 is 0 Å².